The number of aromatic nitrogens is 1. The number of nitrogens with zero attached hydrogens (tertiary/aromatic N) is 1. The van der Waals surface area contributed by atoms with E-state index in [1.807, 2.05) is 24.3 Å². The summed E-state index contributed by atoms with van der Waals surface area (Å²) in [6, 6.07) is 7.42. The number of hydrogen-bond donors (Lipinski definition) is 2. The van der Waals surface area contributed by atoms with E-state index in [0.29, 0.717) is 24.2 Å². The van der Waals surface area contributed by atoms with E-state index in [1.165, 1.54) is 0 Å². The molecule has 2 N–H and O–H groups in total. The highest BCUT2D eigenvalue weighted by molar-refractivity contribution is 5.86. The second-order valence-corrected chi connectivity index (χ2v) is 4.86. The van der Waals surface area contributed by atoms with Crippen LogP contribution in [0.2, 0.25) is 0 Å². The minimum Gasteiger partial charge on any atom is -0.481 e. The minimum absolute atomic E-state index is 0.104. The number of nitrogens with one attached hydrogen (secondary N) is 1. The molecular weight excluding hydrogens is 272 g/mol. The lowest BCUT2D eigenvalue weighted by Crippen LogP contribution is -2.26. The number of unbranched alkanes of at least 4 members (excludes halogenated alkanes) is 2. The fourth-order valence-electron chi connectivity index (χ4n) is 2.09. The molecule has 0 saturated carbocycles. The van der Waals surface area contributed by atoms with E-state index in [9.17, 15) is 9.59 Å². The molecule has 0 unspecified atom stereocenters. The van der Waals surface area contributed by atoms with Crippen LogP contribution in [0.3, 0.4) is 0 Å². The maximum Gasteiger partial charge on any atom is 0.303 e. The Balaban J connectivity index is 1.71. The summed E-state index contributed by atoms with van der Waals surface area (Å²) in [7, 11) is 0. The van der Waals surface area contributed by atoms with Gasteiger partial charge in [0.1, 0.15) is 5.69 Å². The number of rotatable bonds is 8. The first-order valence-electron chi connectivity index (χ1n) is 6.98. The highest BCUT2D eigenvalue weighted by Gasteiger charge is 2.11. The summed E-state index contributed by atoms with van der Waals surface area (Å²) in [6.45, 7) is 0.550. The number of para-hydroxylation sites is 1. The number of carbonyl (C=O) groups is 2. The van der Waals surface area contributed by atoms with Crippen LogP contribution in [0, 0.1) is 0 Å². The Labute approximate surface area is 122 Å². The van der Waals surface area contributed by atoms with Gasteiger partial charge >= 0.3 is 5.97 Å². The molecule has 1 aromatic heterocycles. The van der Waals surface area contributed by atoms with Crippen molar-refractivity contribution in [2.24, 2.45) is 0 Å². The average molecular weight is 290 g/mol. The molecular formula is C15H18N2O4. The quantitative estimate of drug-likeness (QED) is 0.726. The summed E-state index contributed by atoms with van der Waals surface area (Å²) >= 11 is 0. The molecule has 0 aliphatic rings. The van der Waals surface area contributed by atoms with Crippen molar-refractivity contribution in [1.82, 2.24) is 10.5 Å². The number of aliphatic carboxylic acids is 1. The van der Waals surface area contributed by atoms with E-state index in [1.54, 1.807) is 0 Å². The van der Waals surface area contributed by atoms with Gasteiger partial charge in [-0.25, -0.2) is 0 Å². The molecule has 0 aliphatic heterocycles. The van der Waals surface area contributed by atoms with Crippen molar-refractivity contribution in [2.75, 3.05) is 6.54 Å². The lowest BCUT2D eigenvalue weighted by atomic mass is 10.1. The molecule has 0 spiro atoms. The molecule has 0 aliphatic carbocycles. The van der Waals surface area contributed by atoms with Gasteiger partial charge in [0, 0.05) is 18.4 Å². The molecule has 0 bridgehead atoms. The highest BCUT2D eigenvalue weighted by atomic mass is 16.5. The van der Waals surface area contributed by atoms with E-state index in [-0.39, 0.29) is 18.7 Å². The molecule has 1 amide bonds. The number of carboxylic acid groups (broad SMARTS) is 1. The minimum atomic E-state index is -0.781. The third-order valence-electron chi connectivity index (χ3n) is 3.17. The summed E-state index contributed by atoms with van der Waals surface area (Å²) in [6.07, 6.45) is 2.57. The van der Waals surface area contributed by atoms with E-state index in [0.717, 1.165) is 18.2 Å². The molecule has 21 heavy (non-hydrogen) atoms. The predicted octanol–water partition coefficient (Wildman–Crippen LogP) is 2.13. The number of hydrogen-bond acceptors (Lipinski definition) is 4. The Kier molecular flexibility index (Phi) is 5.31. The van der Waals surface area contributed by atoms with Crippen LogP contribution in [0.25, 0.3) is 11.0 Å². The van der Waals surface area contributed by atoms with Gasteiger partial charge in [-0.15, -0.1) is 0 Å². The smallest absolute Gasteiger partial charge is 0.303 e. The van der Waals surface area contributed by atoms with Crippen molar-refractivity contribution in [3.8, 4) is 0 Å². The molecule has 1 aromatic carbocycles. The van der Waals surface area contributed by atoms with Gasteiger partial charge in [-0.3, -0.25) is 9.59 Å². The predicted molar refractivity (Wildman–Crippen MR) is 76.8 cm³/mol. The summed E-state index contributed by atoms with van der Waals surface area (Å²) in [5, 5.41) is 16.1. The Bertz CT molecular complexity index is 621. The summed E-state index contributed by atoms with van der Waals surface area (Å²) in [5.74, 6) is -0.885. The van der Waals surface area contributed by atoms with Crippen LogP contribution in [-0.4, -0.2) is 28.7 Å². The van der Waals surface area contributed by atoms with Crippen LogP contribution in [0.1, 0.15) is 31.4 Å². The Hall–Kier alpha value is -2.37. The van der Waals surface area contributed by atoms with E-state index < -0.39 is 5.97 Å². The van der Waals surface area contributed by atoms with Crippen LogP contribution >= 0.6 is 0 Å². The molecule has 6 heteroatoms. The van der Waals surface area contributed by atoms with E-state index >= 15 is 0 Å². The summed E-state index contributed by atoms with van der Waals surface area (Å²) < 4.78 is 5.14. The molecule has 0 saturated heterocycles. The van der Waals surface area contributed by atoms with Gasteiger partial charge in [0.2, 0.25) is 5.91 Å². The van der Waals surface area contributed by atoms with Crippen LogP contribution in [0.5, 0.6) is 0 Å². The van der Waals surface area contributed by atoms with Gasteiger partial charge in [-0.1, -0.05) is 23.7 Å². The average Bonchev–Trinajstić information content (AvgIpc) is 2.86. The third-order valence-corrected chi connectivity index (χ3v) is 3.17. The fourth-order valence-corrected chi connectivity index (χ4v) is 2.09. The lowest BCUT2D eigenvalue weighted by molar-refractivity contribution is -0.137. The van der Waals surface area contributed by atoms with Crippen LogP contribution in [-0.2, 0) is 16.0 Å². The normalized spacial score (nSPS) is 10.7. The second kappa shape index (κ2) is 7.42. The van der Waals surface area contributed by atoms with Gasteiger partial charge in [-0.2, -0.15) is 0 Å². The van der Waals surface area contributed by atoms with Gasteiger partial charge in [0.25, 0.3) is 0 Å². The van der Waals surface area contributed by atoms with Gasteiger partial charge in [0.15, 0.2) is 5.58 Å². The zero-order valence-electron chi connectivity index (χ0n) is 11.7. The molecule has 1 heterocycles. The second-order valence-electron chi connectivity index (χ2n) is 4.86. The first kappa shape index (κ1) is 15.0. The Morgan fingerprint density at radius 3 is 2.81 bits per heavy atom. The number of fused-ring (bicyclic) bond motifs is 1. The summed E-state index contributed by atoms with van der Waals surface area (Å²) in [5.41, 5.74) is 1.31. The first-order chi connectivity index (χ1) is 10.2. The van der Waals surface area contributed by atoms with Crippen LogP contribution < -0.4 is 5.32 Å². The zero-order chi connectivity index (χ0) is 15.1. The maximum absolute atomic E-state index is 11.8. The van der Waals surface area contributed by atoms with E-state index in [4.69, 9.17) is 9.63 Å². The topological polar surface area (TPSA) is 92.4 Å². The first-order valence-corrected chi connectivity index (χ1v) is 6.98. The van der Waals surface area contributed by atoms with Crippen molar-refractivity contribution in [3.63, 3.8) is 0 Å². The maximum atomic E-state index is 11.8. The third kappa shape index (κ3) is 4.59. The molecule has 112 valence electrons. The SMILES string of the molecule is O=C(O)CCCCCNC(=O)Cc1noc2ccccc12. The van der Waals surface area contributed by atoms with E-state index in [2.05, 4.69) is 10.5 Å². The summed E-state index contributed by atoms with van der Waals surface area (Å²) in [4.78, 5) is 22.1. The molecule has 0 fully saturated rings. The highest BCUT2D eigenvalue weighted by Crippen LogP contribution is 2.17. The van der Waals surface area contributed by atoms with Crippen LogP contribution in [0.15, 0.2) is 28.8 Å². The van der Waals surface area contributed by atoms with Crippen molar-refractivity contribution >= 4 is 22.8 Å². The molecule has 0 atom stereocenters. The van der Waals surface area contributed by atoms with Crippen molar-refractivity contribution in [3.05, 3.63) is 30.0 Å². The standard InChI is InChI=1S/C15H18N2O4/c18-14(16-9-5-1-2-8-15(19)20)10-12-11-6-3-4-7-13(11)21-17-12/h3-4,6-7H,1-2,5,8-10H2,(H,16,18)(H,19,20). The molecule has 6 nitrogen and oxygen atoms in total. The molecule has 2 aromatic rings. The molecule has 0 radical (unpaired) electrons. The zero-order valence-corrected chi connectivity index (χ0v) is 11.7. The number of benzene rings is 1. The van der Waals surface area contributed by atoms with Crippen molar-refractivity contribution in [1.29, 1.82) is 0 Å². The van der Waals surface area contributed by atoms with Gasteiger partial charge in [0.05, 0.1) is 6.42 Å². The number of carbonyl (C=O) groups excluding carboxylic acids is 1. The Morgan fingerprint density at radius 2 is 2.00 bits per heavy atom. The van der Waals surface area contributed by atoms with Gasteiger partial charge in [-0.05, 0) is 25.0 Å². The fraction of sp³-hybridized carbons (Fsp3) is 0.400. The van der Waals surface area contributed by atoms with Crippen molar-refractivity contribution in [2.45, 2.75) is 32.1 Å². The number of amides is 1. The largest absolute Gasteiger partial charge is 0.481 e. The molecule has 2 rings (SSSR count). The monoisotopic (exact) mass is 290 g/mol. The number of carboxylic acids is 1. The Morgan fingerprint density at radius 1 is 1.19 bits per heavy atom. The van der Waals surface area contributed by atoms with Crippen LogP contribution in [0.4, 0.5) is 0 Å². The lowest BCUT2D eigenvalue weighted by Gasteiger charge is -2.03. The van der Waals surface area contributed by atoms with Gasteiger partial charge < -0.3 is 14.9 Å². The van der Waals surface area contributed by atoms with Crippen molar-refractivity contribution < 1.29 is 19.2 Å².